The second-order valence-electron chi connectivity index (χ2n) is 4.22. The van der Waals surface area contributed by atoms with Crippen LogP contribution in [0, 0.1) is 6.92 Å². The predicted molar refractivity (Wildman–Crippen MR) is 79.6 cm³/mol. The lowest BCUT2D eigenvalue weighted by Gasteiger charge is -2.09. The van der Waals surface area contributed by atoms with Crippen LogP contribution in [0.2, 0.25) is 0 Å². The highest BCUT2D eigenvalue weighted by Crippen LogP contribution is 2.17. The summed E-state index contributed by atoms with van der Waals surface area (Å²) < 4.78 is 5.35. The van der Waals surface area contributed by atoms with Crippen LogP contribution in [0.4, 0.5) is 17.6 Å². The number of benzene rings is 1. The highest BCUT2D eigenvalue weighted by molar-refractivity contribution is 5.54. The van der Waals surface area contributed by atoms with Gasteiger partial charge in [-0.25, -0.2) is 0 Å². The number of hydrogen-bond donors (Lipinski definition) is 2. The molecule has 106 valence electrons. The Bertz CT molecular complexity index is 532. The van der Waals surface area contributed by atoms with Gasteiger partial charge in [-0.1, -0.05) is 17.7 Å². The minimum Gasteiger partial charge on any atom is -0.464 e. The summed E-state index contributed by atoms with van der Waals surface area (Å²) in [6.45, 7) is 7.17. The maximum atomic E-state index is 5.35. The number of aryl methyl sites for hydroxylation is 1. The molecule has 6 heteroatoms. The van der Waals surface area contributed by atoms with Gasteiger partial charge in [0.05, 0.1) is 6.61 Å². The first-order valence-corrected chi connectivity index (χ1v) is 6.67. The van der Waals surface area contributed by atoms with E-state index in [0.29, 0.717) is 24.5 Å². The molecule has 0 bridgehead atoms. The largest absolute Gasteiger partial charge is 0.464 e. The maximum Gasteiger partial charge on any atom is 0.323 e. The van der Waals surface area contributed by atoms with Gasteiger partial charge < -0.3 is 15.4 Å². The van der Waals surface area contributed by atoms with E-state index in [1.165, 1.54) is 5.56 Å². The molecule has 0 radical (unpaired) electrons. The second-order valence-corrected chi connectivity index (χ2v) is 4.22. The summed E-state index contributed by atoms with van der Waals surface area (Å²) in [6, 6.07) is 8.32. The first-order valence-electron chi connectivity index (χ1n) is 6.67. The van der Waals surface area contributed by atoms with Gasteiger partial charge in [0.1, 0.15) is 0 Å². The molecule has 0 saturated carbocycles. The molecule has 0 amide bonds. The van der Waals surface area contributed by atoms with Crippen molar-refractivity contribution in [1.82, 2.24) is 15.0 Å². The van der Waals surface area contributed by atoms with E-state index in [9.17, 15) is 0 Å². The monoisotopic (exact) mass is 273 g/mol. The van der Waals surface area contributed by atoms with Crippen LogP contribution in [0.15, 0.2) is 24.3 Å². The van der Waals surface area contributed by atoms with Gasteiger partial charge >= 0.3 is 6.01 Å². The Morgan fingerprint density at radius 2 is 1.70 bits per heavy atom. The predicted octanol–water partition coefficient (Wildman–Crippen LogP) is 2.75. The van der Waals surface area contributed by atoms with Crippen LogP contribution in [0.25, 0.3) is 0 Å². The minimum atomic E-state index is 0.313. The summed E-state index contributed by atoms with van der Waals surface area (Å²) in [6.07, 6.45) is 0. The number of nitrogens with one attached hydrogen (secondary N) is 2. The Morgan fingerprint density at radius 1 is 1.00 bits per heavy atom. The van der Waals surface area contributed by atoms with Crippen LogP contribution in [-0.2, 0) is 0 Å². The highest BCUT2D eigenvalue weighted by Gasteiger charge is 2.07. The Labute approximate surface area is 118 Å². The molecule has 0 aliphatic carbocycles. The lowest BCUT2D eigenvalue weighted by Crippen LogP contribution is -2.08. The number of hydrogen-bond acceptors (Lipinski definition) is 6. The van der Waals surface area contributed by atoms with Crippen molar-refractivity contribution in [3.8, 4) is 6.01 Å². The Morgan fingerprint density at radius 3 is 2.35 bits per heavy atom. The van der Waals surface area contributed by atoms with Gasteiger partial charge in [0, 0.05) is 12.2 Å². The molecule has 1 heterocycles. The summed E-state index contributed by atoms with van der Waals surface area (Å²) >= 11 is 0. The van der Waals surface area contributed by atoms with Crippen LogP contribution < -0.4 is 15.4 Å². The third-order valence-corrected chi connectivity index (χ3v) is 2.53. The van der Waals surface area contributed by atoms with Crippen molar-refractivity contribution in [3.05, 3.63) is 29.8 Å². The standard InChI is InChI=1S/C14H19N5O/c1-4-15-12-17-13(19-14(18-12)20-5-2)16-11-8-6-10(3)7-9-11/h6-9H,4-5H2,1-3H3,(H2,15,16,17,18,19). The molecule has 0 aliphatic heterocycles. The fraction of sp³-hybridized carbons (Fsp3) is 0.357. The zero-order chi connectivity index (χ0) is 14.4. The van der Waals surface area contributed by atoms with Gasteiger partial charge in [-0.3, -0.25) is 0 Å². The van der Waals surface area contributed by atoms with Crippen molar-refractivity contribution in [2.75, 3.05) is 23.8 Å². The molecule has 2 aromatic rings. The van der Waals surface area contributed by atoms with Crippen LogP contribution in [-0.4, -0.2) is 28.1 Å². The van der Waals surface area contributed by atoms with Crippen LogP contribution in [0.5, 0.6) is 6.01 Å². The van der Waals surface area contributed by atoms with Gasteiger partial charge in [0.2, 0.25) is 11.9 Å². The third kappa shape index (κ3) is 3.81. The Balaban J connectivity index is 2.22. The molecule has 1 aromatic carbocycles. The average molecular weight is 273 g/mol. The van der Waals surface area contributed by atoms with E-state index in [4.69, 9.17) is 4.74 Å². The van der Waals surface area contributed by atoms with Crippen LogP contribution in [0.1, 0.15) is 19.4 Å². The molecular formula is C14H19N5O. The number of anilines is 3. The van der Waals surface area contributed by atoms with E-state index in [1.54, 1.807) is 0 Å². The van der Waals surface area contributed by atoms with Gasteiger partial charge in [-0.2, -0.15) is 15.0 Å². The van der Waals surface area contributed by atoms with E-state index in [2.05, 4.69) is 25.6 Å². The third-order valence-electron chi connectivity index (χ3n) is 2.53. The van der Waals surface area contributed by atoms with Crippen molar-refractivity contribution in [2.24, 2.45) is 0 Å². The molecular weight excluding hydrogens is 254 g/mol. The summed E-state index contributed by atoms with van der Waals surface area (Å²) in [5.74, 6) is 0.962. The maximum absolute atomic E-state index is 5.35. The lowest BCUT2D eigenvalue weighted by atomic mass is 10.2. The fourth-order valence-electron chi connectivity index (χ4n) is 1.61. The average Bonchev–Trinajstić information content (AvgIpc) is 2.42. The number of ether oxygens (including phenoxy) is 1. The van der Waals surface area contributed by atoms with Gasteiger partial charge in [0.25, 0.3) is 0 Å². The van der Waals surface area contributed by atoms with E-state index >= 15 is 0 Å². The van der Waals surface area contributed by atoms with E-state index in [0.717, 1.165) is 12.2 Å². The second kappa shape index (κ2) is 6.70. The van der Waals surface area contributed by atoms with Crippen molar-refractivity contribution in [1.29, 1.82) is 0 Å². The van der Waals surface area contributed by atoms with E-state index in [-0.39, 0.29) is 0 Å². The van der Waals surface area contributed by atoms with E-state index < -0.39 is 0 Å². The van der Waals surface area contributed by atoms with Crippen molar-refractivity contribution >= 4 is 17.6 Å². The smallest absolute Gasteiger partial charge is 0.323 e. The molecule has 0 saturated heterocycles. The topological polar surface area (TPSA) is 72.0 Å². The van der Waals surface area contributed by atoms with Crippen LogP contribution in [0.3, 0.4) is 0 Å². The van der Waals surface area contributed by atoms with E-state index in [1.807, 2.05) is 45.0 Å². The SMILES string of the molecule is CCNc1nc(Nc2ccc(C)cc2)nc(OCC)n1. The lowest BCUT2D eigenvalue weighted by molar-refractivity contribution is 0.312. The normalized spacial score (nSPS) is 10.2. The summed E-state index contributed by atoms with van der Waals surface area (Å²) in [5.41, 5.74) is 2.13. The quantitative estimate of drug-likeness (QED) is 0.843. The Hall–Kier alpha value is -2.37. The zero-order valence-electron chi connectivity index (χ0n) is 12.0. The molecule has 0 unspecified atom stereocenters. The minimum absolute atomic E-state index is 0.313. The first-order chi connectivity index (χ1) is 9.71. The molecule has 2 rings (SSSR count). The van der Waals surface area contributed by atoms with Crippen molar-refractivity contribution in [3.63, 3.8) is 0 Å². The molecule has 0 atom stereocenters. The van der Waals surface area contributed by atoms with Gasteiger partial charge in [0.15, 0.2) is 0 Å². The molecule has 0 spiro atoms. The molecule has 1 aromatic heterocycles. The van der Waals surface area contributed by atoms with Crippen LogP contribution >= 0.6 is 0 Å². The number of nitrogens with zero attached hydrogens (tertiary/aromatic N) is 3. The van der Waals surface area contributed by atoms with Crippen molar-refractivity contribution < 1.29 is 4.74 Å². The summed E-state index contributed by atoms with van der Waals surface area (Å²) in [5, 5.41) is 6.21. The molecule has 6 nitrogen and oxygen atoms in total. The zero-order valence-corrected chi connectivity index (χ0v) is 12.0. The Kier molecular flexibility index (Phi) is 4.70. The molecule has 0 aliphatic rings. The van der Waals surface area contributed by atoms with Gasteiger partial charge in [-0.15, -0.1) is 0 Å². The van der Waals surface area contributed by atoms with Gasteiger partial charge in [-0.05, 0) is 32.9 Å². The molecule has 2 N–H and O–H groups in total. The summed E-state index contributed by atoms with van der Waals surface area (Å²) in [4.78, 5) is 12.7. The molecule has 20 heavy (non-hydrogen) atoms. The number of aromatic nitrogens is 3. The highest BCUT2D eigenvalue weighted by atomic mass is 16.5. The molecule has 0 fully saturated rings. The fourth-order valence-corrected chi connectivity index (χ4v) is 1.61. The first kappa shape index (κ1) is 14.0. The van der Waals surface area contributed by atoms with Crippen molar-refractivity contribution in [2.45, 2.75) is 20.8 Å². The number of rotatable bonds is 6. The summed E-state index contributed by atoms with van der Waals surface area (Å²) in [7, 11) is 0.